The maximum atomic E-state index is 13.2. The number of hydrogen-bond acceptors (Lipinski definition) is 7. The third kappa shape index (κ3) is 3.80. The SMILES string of the molecule is CN1c2ncn(CC3CCCC3)c2C(=O)N(Cc2csc(C(C)(O)C(F)(F)F)n2)C1O. The fourth-order valence-corrected chi connectivity index (χ4v) is 4.96. The van der Waals surface area contributed by atoms with Crippen LogP contribution in [0, 0.1) is 5.92 Å². The average molecular weight is 459 g/mol. The van der Waals surface area contributed by atoms with E-state index in [1.807, 2.05) is 0 Å². The van der Waals surface area contributed by atoms with E-state index in [0.717, 1.165) is 30.6 Å². The van der Waals surface area contributed by atoms with Crippen molar-refractivity contribution in [2.45, 2.75) is 63.8 Å². The second-order valence-electron chi connectivity index (χ2n) is 8.32. The summed E-state index contributed by atoms with van der Waals surface area (Å²) in [7, 11) is 1.59. The number of anilines is 1. The molecule has 1 amide bonds. The standard InChI is InChI=1S/C19H24F3N5O3S/c1-18(30,19(20,21)22)16-24-12(9-31-16)8-27-15(28)13-14(25(2)17(27)29)23-10-26(13)7-11-5-3-4-6-11/h9-11,17,29-30H,3-8H2,1-2H3. The number of carbonyl (C=O) groups excluding carboxylic acids is 1. The van der Waals surface area contributed by atoms with E-state index in [9.17, 15) is 28.2 Å². The Kier molecular flexibility index (Phi) is 5.51. The Labute approximate surface area is 180 Å². The molecule has 2 unspecified atom stereocenters. The van der Waals surface area contributed by atoms with Crippen LogP contribution in [0.4, 0.5) is 19.0 Å². The first kappa shape index (κ1) is 22.0. The number of imidazole rings is 1. The smallest absolute Gasteiger partial charge is 0.375 e. The van der Waals surface area contributed by atoms with E-state index in [0.29, 0.717) is 42.2 Å². The van der Waals surface area contributed by atoms with E-state index in [-0.39, 0.29) is 12.2 Å². The van der Waals surface area contributed by atoms with Gasteiger partial charge in [0.25, 0.3) is 5.91 Å². The van der Waals surface area contributed by atoms with Crippen molar-refractivity contribution in [1.29, 1.82) is 0 Å². The quantitative estimate of drug-likeness (QED) is 0.714. The summed E-state index contributed by atoms with van der Waals surface area (Å²) < 4.78 is 41.1. The van der Waals surface area contributed by atoms with Crippen LogP contribution in [0.5, 0.6) is 0 Å². The number of hydrogen-bond donors (Lipinski definition) is 2. The van der Waals surface area contributed by atoms with Gasteiger partial charge in [-0.3, -0.25) is 9.69 Å². The molecule has 2 N–H and O–H groups in total. The summed E-state index contributed by atoms with van der Waals surface area (Å²) in [6, 6.07) is 0. The molecule has 0 aromatic carbocycles. The summed E-state index contributed by atoms with van der Waals surface area (Å²) >= 11 is 0.655. The minimum atomic E-state index is -4.88. The van der Waals surface area contributed by atoms with Crippen molar-refractivity contribution >= 4 is 23.1 Å². The summed E-state index contributed by atoms with van der Waals surface area (Å²) in [6.45, 7) is 1.09. The minimum Gasteiger partial charge on any atom is -0.375 e. The summed E-state index contributed by atoms with van der Waals surface area (Å²) in [5.74, 6) is 0.362. The Bertz CT molecular complexity index is 967. The van der Waals surface area contributed by atoms with Gasteiger partial charge in [-0.2, -0.15) is 13.2 Å². The van der Waals surface area contributed by atoms with Crippen molar-refractivity contribution in [3.8, 4) is 0 Å². The molecule has 3 heterocycles. The highest BCUT2D eigenvalue weighted by molar-refractivity contribution is 7.09. The summed E-state index contributed by atoms with van der Waals surface area (Å²) in [6.07, 6.45) is -0.140. The molecule has 0 bridgehead atoms. The summed E-state index contributed by atoms with van der Waals surface area (Å²) in [5, 5.41) is 21.3. The van der Waals surface area contributed by atoms with Gasteiger partial charge < -0.3 is 19.7 Å². The number of aromatic nitrogens is 3. The van der Waals surface area contributed by atoms with Gasteiger partial charge in [0.15, 0.2) is 11.5 Å². The highest BCUT2D eigenvalue weighted by atomic mass is 32.1. The Hall–Kier alpha value is -2.18. The Morgan fingerprint density at radius 1 is 1.29 bits per heavy atom. The zero-order chi connectivity index (χ0) is 22.6. The molecule has 1 fully saturated rings. The number of aliphatic hydroxyl groups excluding tert-OH is 1. The minimum absolute atomic E-state index is 0.149. The molecule has 2 aromatic heterocycles. The number of aliphatic hydroxyl groups is 2. The first-order valence-corrected chi connectivity index (χ1v) is 10.9. The molecule has 0 saturated heterocycles. The van der Waals surface area contributed by atoms with Crippen LogP contribution in [-0.4, -0.2) is 55.1 Å². The maximum Gasteiger partial charge on any atom is 0.423 e. The first-order chi connectivity index (χ1) is 14.5. The molecule has 0 radical (unpaired) electrons. The molecule has 8 nitrogen and oxygen atoms in total. The van der Waals surface area contributed by atoms with Crippen LogP contribution in [0.2, 0.25) is 0 Å². The van der Waals surface area contributed by atoms with Crippen molar-refractivity contribution < 1.29 is 28.2 Å². The van der Waals surface area contributed by atoms with E-state index in [1.54, 1.807) is 17.9 Å². The lowest BCUT2D eigenvalue weighted by Crippen LogP contribution is -2.54. The highest BCUT2D eigenvalue weighted by Crippen LogP contribution is 2.40. The van der Waals surface area contributed by atoms with E-state index < -0.39 is 29.0 Å². The monoisotopic (exact) mass is 459 g/mol. The summed E-state index contributed by atoms with van der Waals surface area (Å²) in [4.78, 5) is 24.0. The van der Waals surface area contributed by atoms with E-state index in [1.165, 1.54) is 10.3 Å². The normalized spacial score (nSPS) is 22.2. The van der Waals surface area contributed by atoms with Gasteiger partial charge in [-0.1, -0.05) is 12.8 Å². The van der Waals surface area contributed by atoms with Gasteiger partial charge in [0.2, 0.25) is 12.0 Å². The van der Waals surface area contributed by atoms with Crippen molar-refractivity contribution in [1.82, 2.24) is 19.4 Å². The molecule has 2 aliphatic rings. The molecule has 1 saturated carbocycles. The van der Waals surface area contributed by atoms with Gasteiger partial charge in [-0.05, 0) is 25.7 Å². The second kappa shape index (κ2) is 7.75. The zero-order valence-electron chi connectivity index (χ0n) is 17.1. The number of carbonyl (C=O) groups is 1. The number of fused-ring (bicyclic) bond motifs is 1. The van der Waals surface area contributed by atoms with Gasteiger partial charge in [0.05, 0.1) is 18.6 Å². The van der Waals surface area contributed by atoms with E-state index in [2.05, 4.69) is 9.97 Å². The molecular formula is C19H24F3N5O3S. The Balaban J connectivity index is 1.58. The fourth-order valence-electron chi connectivity index (χ4n) is 4.07. The third-order valence-corrected chi connectivity index (χ3v) is 7.13. The topological polar surface area (TPSA) is 94.7 Å². The van der Waals surface area contributed by atoms with Crippen molar-refractivity contribution in [2.24, 2.45) is 5.92 Å². The van der Waals surface area contributed by atoms with E-state index >= 15 is 0 Å². The van der Waals surface area contributed by atoms with Crippen molar-refractivity contribution in [2.75, 3.05) is 11.9 Å². The summed E-state index contributed by atoms with van der Waals surface area (Å²) in [5.41, 5.74) is -2.60. The maximum absolute atomic E-state index is 13.2. The highest BCUT2D eigenvalue weighted by Gasteiger charge is 2.53. The van der Waals surface area contributed by atoms with Crippen LogP contribution in [0.3, 0.4) is 0 Å². The van der Waals surface area contributed by atoms with Crippen molar-refractivity contribution in [3.63, 3.8) is 0 Å². The van der Waals surface area contributed by atoms with Crippen LogP contribution in [0.25, 0.3) is 0 Å². The molecule has 12 heteroatoms. The van der Waals surface area contributed by atoms with Crippen LogP contribution < -0.4 is 4.90 Å². The number of rotatable bonds is 5. The lowest BCUT2D eigenvalue weighted by molar-refractivity contribution is -0.258. The van der Waals surface area contributed by atoms with E-state index in [4.69, 9.17) is 0 Å². The molecule has 2 aromatic rings. The molecule has 1 aliphatic carbocycles. The van der Waals surface area contributed by atoms with Crippen LogP contribution in [0.1, 0.15) is 53.8 Å². The van der Waals surface area contributed by atoms with Crippen LogP contribution in [-0.2, 0) is 18.7 Å². The molecule has 4 rings (SSSR count). The fraction of sp³-hybridized carbons (Fsp3) is 0.632. The lowest BCUT2D eigenvalue weighted by atomic mass is 10.1. The molecule has 1 aliphatic heterocycles. The Morgan fingerprint density at radius 2 is 1.97 bits per heavy atom. The number of thiazole rings is 1. The molecule has 0 spiro atoms. The predicted molar refractivity (Wildman–Crippen MR) is 106 cm³/mol. The lowest BCUT2D eigenvalue weighted by Gasteiger charge is -2.38. The van der Waals surface area contributed by atoms with Crippen LogP contribution in [0.15, 0.2) is 11.7 Å². The second-order valence-corrected chi connectivity index (χ2v) is 9.18. The number of amides is 1. The third-order valence-electron chi connectivity index (χ3n) is 6.02. The number of alkyl halides is 3. The van der Waals surface area contributed by atoms with Gasteiger partial charge in [-0.15, -0.1) is 11.3 Å². The first-order valence-electron chi connectivity index (χ1n) is 10.0. The van der Waals surface area contributed by atoms with Gasteiger partial charge >= 0.3 is 6.18 Å². The number of halogens is 3. The molecule has 31 heavy (non-hydrogen) atoms. The van der Waals surface area contributed by atoms with Gasteiger partial charge in [0.1, 0.15) is 5.01 Å². The Morgan fingerprint density at radius 3 is 2.61 bits per heavy atom. The predicted octanol–water partition coefficient (Wildman–Crippen LogP) is 2.67. The largest absolute Gasteiger partial charge is 0.423 e. The molecular weight excluding hydrogens is 435 g/mol. The van der Waals surface area contributed by atoms with Crippen molar-refractivity contribution in [3.05, 3.63) is 28.1 Å². The van der Waals surface area contributed by atoms with Gasteiger partial charge in [-0.25, -0.2) is 9.97 Å². The average Bonchev–Trinajstić information content (AvgIpc) is 3.44. The molecule has 2 atom stereocenters. The zero-order valence-corrected chi connectivity index (χ0v) is 17.9. The number of nitrogens with zero attached hydrogens (tertiary/aromatic N) is 5. The molecule has 170 valence electrons. The van der Waals surface area contributed by atoms with Crippen LogP contribution >= 0.6 is 11.3 Å². The van der Waals surface area contributed by atoms with Gasteiger partial charge in [0, 0.05) is 19.0 Å².